The van der Waals surface area contributed by atoms with E-state index in [2.05, 4.69) is 0 Å². The van der Waals surface area contributed by atoms with Crippen LogP contribution in [0.2, 0.25) is 5.02 Å². The fourth-order valence-electron chi connectivity index (χ4n) is 1.12. The van der Waals surface area contributed by atoms with E-state index in [9.17, 15) is 8.42 Å². The van der Waals surface area contributed by atoms with Gasteiger partial charge in [-0.05, 0) is 18.6 Å². The topological polar surface area (TPSA) is 61.8 Å². The fourth-order valence-corrected chi connectivity index (χ4v) is 1.99. The summed E-state index contributed by atoms with van der Waals surface area (Å²) in [5, 5.41) is 0.104. The molecule has 1 aromatic carbocycles. The first-order valence-electron chi connectivity index (χ1n) is 4.65. The van der Waals surface area contributed by atoms with E-state index in [4.69, 9.17) is 25.3 Å². The Morgan fingerprint density at radius 2 is 2.00 bits per heavy atom. The molecule has 0 fully saturated rings. The summed E-state index contributed by atoms with van der Waals surface area (Å²) in [5.41, 5.74) is 0.602. The first-order chi connectivity index (χ1) is 7.85. The van der Waals surface area contributed by atoms with Gasteiger partial charge in [0.15, 0.2) is 12.5 Å². The van der Waals surface area contributed by atoms with Gasteiger partial charge in [-0.3, -0.25) is 0 Å². The molecule has 0 saturated heterocycles. The Morgan fingerprint density at radius 1 is 1.35 bits per heavy atom. The van der Waals surface area contributed by atoms with Gasteiger partial charge < -0.3 is 13.7 Å². The van der Waals surface area contributed by atoms with Gasteiger partial charge in [0.25, 0.3) is 0 Å². The molecule has 0 aliphatic rings. The number of hydrogen-bond donors (Lipinski definition) is 0. The van der Waals surface area contributed by atoms with Crippen molar-refractivity contribution < 1.29 is 22.1 Å². The van der Waals surface area contributed by atoms with Gasteiger partial charge in [-0.1, -0.05) is 17.7 Å². The monoisotopic (exact) mass is 280 g/mol. The minimum absolute atomic E-state index is 0.0150. The summed E-state index contributed by atoms with van der Waals surface area (Å²) >= 11 is 5.99. The first-order valence-corrected chi connectivity index (χ1v) is 6.85. The molecule has 0 heterocycles. The summed E-state index contributed by atoms with van der Waals surface area (Å²) in [4.78, 5) is 0. The van der Waals surface area contributed by atoms with Crippen LogP contribution < -0.4 is 8.92 Å². The standard InChI is InChI=1S/C10H13ClO5S/c1-7-4-5-8(15-6-14-2)9(11)10(7)16-17(3,12)13/h4-5H,6H2,1-3H3. The average Bonchev–Trinajstić information content (AvgIpc) is 2.22. The minimum atomic E-state index is -3.63. The van der Waals surface area contributed by atoms with Crippen molar-refractivity contribution in [3.63, 3.8) is 0 Å². The van der Waals surface area contributed by atoms with Crippen molar-refractivity contribution in [1.82, 2.24) is 0 Å². The largest absolute Gasteiger partial charge is 0.466 e. The van der Waals surface area contributed by atoms with Crippen LogP contribution in [0.4, 0.5) is 0 Å². The maximum atomic E-state index is 11.1. The molecule has 0 aromatic heterocycles. The smallest absolute Gasteiger partial charge is 0.306 e. The highest BCUT2D eigenvalue weighted by Gasteiger charge is 2.16. The quantitative estimate of drug-likeness (QED) is 0.609. The lowest BCUT2D eigenvalue weighted by molar-refractivity contribution is 0.0511. The van der Waals surface area contributed by atoms with Gasteiger partial charge in [-0.15, -0.1) is 0 Å². The van der Waals surface area contributed by atoms with Gasteiger partial charge in [0, 0.05) is 7.11 Å². The molecule has 0 N–H and O–H groups in total. The van der Waals surface area contributed by atoms with E-state index >= 15 is 0 Å². The molecule has 0 spiro atoms. The van der Waals surface area contributed by atoms with Crippen LogP contribution in [-0.4, -0.2) is 28.6 Å². The molecule has 1 aromatic rings. The lowest BCUT2D eigenvalue weighted by Gasteiger charge is -2.12. The molecule has 0 bridgehead atoms. The van der Waals surface area contributed by atoms with Crippen molar-refractivity contribution in [1.29, 1.82) is 0 Å². The van der Waals surface area contributed by atoms with E-state index in [1.165, 1.54) is 7.11 Å². The van der Waals surface area contributed by atoms with Crippen LogP contribution in [0.3, 0.4) is 0 Å². The lowest BCUT2D eigenvalue weighted by Crippen LogP contribution is -2.08. The number of benzene rings is 1. The van der Waals surface area contributed by atoms with Crippen molar-refractivity contribution in [3.8, 4) is 11.5 Å². The number of aryl methyl sites for hydroxylation is 1. The van der Waals surface area contributed by atoms with Crippen LogP contribution in [0.1, 0.15) is 5.56 Å². The maximum Gasteiger partial charge on any atom is 0.306 e. The summed E-state index contributed by atoms with van der Waals surface area (Å²) in [6.45, 7) is 1.70. The first kappa shape index (κ1) is 14.1. The predicted molar refractivity (Wildman–Crippen MR) is 64.2 cm³/mol. The molecule has 0 radical (unpaired) electrons. The molecule has 7 heteroatoms. The summed E-state index contributed by atoms with van der Waals surface area (Å²) in [5.74, 6) is 0.375. The van der Waals surface area contributed by atoms with E-state index in [0.29, 0.717) is 11.3 Å². The Morgan fingerprint density at radius 3 is 2.53 bits per heavy atom. The molecule has 1 rings (SSSR count). The molecular weight excluding hydrogens is 268 g/mol. The molecule has 0 amide bonds. The number of ether oxygens (including phenoxy) is 2. The van der Waals surface area contributed by atoms with Crippen LogP contribution >= 0.6 is 11.6 Å². The number of rotatable bonds is 5. The second-order valence-corrected chi connectivity index (χ2v) is 5.31. The summed E-state index contributed by atoms with van der Waals surface area (Å²) < 4.78 is 36.9. The zero-order valence-electron chi connectivity index (χ0n) is 9.69. The van der Waals surface area contributed by atoms with Gasteiger partial charge >= 0.3 is 10.1 Å². The van der Waals surface area contributed by atoms with E-state index in [-0.39, 0.29) is 17.6 Å². The molecule has 0 saturated carbocycles. The highest BCUT2D eigenvalue weighted by atomic mass is 35.5. The highest BCUT2D eigenvalue weighted by molar-refractivity contribution is 7.86. The van der Waals surface area contributed by atoms with Gasteiger partial charge in [-0.2, -0.15) is 8.42 Å². The third kappa shape index (κ3) is 4.07. The molecule has 0 aliphatic carbocycles. The maximum absolute atomic E-state index is 11.1. The average molecular weight is 281 g/mol. The van der Waals surface area contributed by atoms with Crippen LogP contribution in [0, 0.1) is 6.92 Å². The molecule has 5 nitrogen and oxygen atoms in total. The molecule has 96 valence electrons. The van der Waals surface area contributed by atoms with Gasteiger partial charge in [0.2, 0.25) is 0 Å². The van der Waals surface area contributed by atoms with Crippen molar-refractivity contribution in [2.75, 3.05) is 20.2 Å². The highest BCUT2D eigenvalue weighted by Crippen LogP contribution is 2.37. The second kappa shape index (κ2) is 5.57. The fraction of sp³-hybridized carbons (Fsp3) is 0.400. The van der Waals surface area contributed by atoms with E-state index in [0.717, 1.165) is 6.26 Å². The summed E-state index contributed by atoms with van der Waals surface area (Å²) in [7, 11) is -2.16. The van der Waals surface area contributed by atoms with Crippen molar-refractivity contribution in [3.05, 3.63) is 22.7 Å². The number of halogens is 1. The van der Waals surface area contributed by atoms with Crippen LogP contribution in [-0.2, 0) is 14.9 Å². The SMILES string of the molecule is COCOc1ccc(C)c(OS(C)(=O)=O)c1Cl. The molecule has 0 aliphatic heterocycles. The lowest BCUT2D eigenvalue weighted by atomic mass is 10.2. The van der Waals surface area contributed by atoms with Crippen LogP contribution in [0.5, 0.6) is 11.5 Å². The third-order valence-corrected chi connectivity index (χ3v) is 2.65. The minimum Gasteiger partial charge on any atom is -0.466 e. The van der Waals surface area contributed by atoms with Gasteiger partial charge in [0.1, 0.15) is 10.8 Å². The van der Waals surface area contributed by atoms with Crippen molar-refractivity contribution >= 4 is 21.7 Å². The number of methoxy groups -OCH3 is 1. The normalized spacial score (nSPS) is 11.3. The van der Waals surface area contributed by atoms with E-state index < -0.39 is 10.1 Å². The van der Waals surface area contributed by atoms with Crippen molar-refractivity contribution in [2.24, 2.45) is 0 Å². The van der Waals surface area contributed by atoms with E-state index in [1.54, 1.807) is 19.1 Å². The Kier molecular flexibility index (Phi) is 4.62. The Hall–Kier alpha value is -0.980. The summed E-state index contributed by atoms with van der Waals surface area (Å²) in [6.07, 6.45) is 0.950. The molecular formula is C10H13ClO5S. The third-order valence-electron chi connectivity index (χ3n) is 1.83. The number of hydrogen-bond acceptors (Lipinski definition) is 5. The Bertz CT molecular complexity index is 498. The summed E-state index contributed by atoms with van der Waals surface area (Å²) in [6, 6.07) is 3.27. The predicted octanol–water partition coefficient (Wildman–Crippen LogP) is 1.97. The zero-order valence-corrected chi connectivity index (χ0v) is 11.3. The van der Waals surface area contributed by atoms with Gasteiger partial charge in [-0.25, -0.2) is 0 Å². The van der Waals surface area contributed by atoms with Crippen LogP contribution in [0.25, 0.3) is 0 Å². The van der Waals surface area contributed by atoms with E-state index in [1.807, 2.05) is 0 Å². The molecule has 0 atom stereocenters. The molecule has 17 heavy (non-hydrogen) atoms. The Labute approximate surface area is 105 Å². The zero-order chi connectivity index (χ0) is 13.1. The van der Waals surface area contributed by atoms with Gasteiger partial charge in [0.05, 0.1) is 6.26 Å². The second-order valence-electron chi connectivity index (χ2n) is 3.36. The Balaban J connectivity index is 3.11. The van der Waals surface area contributed by atoms with Crippen LogP contribution in [0.15, 0.2) is 12.1 Å². The molecule has 0 unspecified atom stereocenters. The van der Waals surface area contributed by atoms with Crippen molar-refractivity contribution in [2.45, 2.75) is 6.92 Å².